The lowest BCUT2D eigenvalue weighted by Gasteiger charge is -2.13. The zero-order valence-electron chi connectivity index (χ0n) is 13.5. The molecule has 0 saturated carbocycles. The van der Waals surface area contributed by atoms with Crippen molar-refractivity contribution in [1.29, 1.82) is 0 Å². The molecule has 23 heavy (non-hydrogen) atoms. The number of nitrogens with zero attached hydrogens (tertiary/aromatic N) is 1. The van der Waals surface area contributed by atoms with Gasteiger partial charge in [0.1, 0.15) is 5.82 Å². The monoisotopic (exact) mass is 329 g/mol. The molecule has 2 aromatic rings. The Labute approximate surface area is 141 Å². The Hall–Kier alpha value is -2.27. The highest BCUT2D eigenvalue weighted by atomic mass is 32.1. The van der Waals surface area contributed by atoms with E-state index >= 15 is 0 Å². The van der Waals surface area contributed by atoms with Gasteiger partial charge in [-0.2, -0.15) is 5.10 Å². The van der Waals surface area contributed by atoms with E-state index in [-0.39, 0.29) is 5.82 Å². The quantitative estimate of drug-likeness (QED) is 0.491. The van der Waals surface area contributed by atoms with Crippen LogP contribution >= 0.6 is 12.2 Å². The summed E-state index contributed by atoms with van der Waals surface area (Å²) in [6.07, 6.45) is 0.713. The van der Waals surface area contributed by atoms with Crippen LogP contribution in [0.3, 0.4) is 0 Å². The third kappa shape index (κ3) is 4.60. The van der Waals surface area contributed by atoms with Gasteiger partial charge in [0.25, 0.3) is 0 Å². The standard InChI is InChI=1S/C18H20FN3S/c1-4-16(14-8-10-15(19)11-9-14)21-22-18(23)20-17-12(2)6-5-7-13(17)3/h5-11H,4H2,1-3H3,(H2,20,22,23)/b21-16-. The van der Waals surface area contributed by atoms with E-state index in [1.54, 1.807) is 12.1 Å². The van der Waals surface area contributed by atoms with Gasteiger partial charge >= 0.3 is 0 Å². The fraction of sp³-hybridized carbons (Fsp3) is 0.222. The molecule has 0 heterocycles. The Morgan fingerprint density at radius 2 is 1.70 bits per heavy atom. The van der Waals surface area contributed by atoms with E-state index in [9.17, 15) is 4.39 Å². The third-order valence-corrected chi connectivity index (χ3v) is 3.72. The van der Waals surface area contributed by atoms with Gasteiger partial charge in [-0.05, 0) is 61.3 Å². The number of rotatable bonds is 4. The molecule has 2 rings (SSSR count). The summed E-state index contributed by atoms with van der Waals surface area (Å²) in [7, 11) is 0. The summed E-state index contributed by atoms with van der Waals surface area (Å²) in [5.41, 5.74) is 7.77. The molecule has 3 nitrogen and oxygen atoms in total. The van der Waals surface area contributed by atoms with E-state index in [1.165, 1.54) is 12.1 Å². The first-order valence-corrected chi connectivity index (χ1v) is 7.87. The first-order chi connectivity index (χ1) is 11.0. The fourth-order valence-electron chi connectivity index (χ4n) is 2.26. The van der Waals surface area contributed by atoms with Gasteiger partial charge in [0.05, 0.1) is 5.71 Å². The molecule has 0 unspecified atom stereocenters. The largest absolute Gasteiger partial charge is 0.331 e. The highest BCUT2D eigenvalue weighted by Gasteiger charge is 2.05. The molecule has 0 saturated heterocycles. The molecule has 0 aliphatic carbocycles. The van der Waals surface area contributed by atoms with E-state index in [4.69, 9.17) is 12.2 Å². The van der Waals surface area contributed by atoms with Crippen molar-refractivity contribution in [3.63, 3.8) is 0 Å². The van der Waals surface area contributed by atoms with Crippen LogP contribution in [0.4, 0.5) is 10.1 Å². The molecule has 0 aliphatic rings. The maximum absolute atomic E-state index is 13.0. The SMILES string of the molecule is CC/C(=N/NC(=S)Nc1c(C)cccc1C)c1ccc(F)cc1. The lowest BCUT2D eigenvalue weighted by molar-refractivity contribution is 0.627. The lowest BCUT2D eigenvalue weighted by atomic mass is 10.1. The zero-order valence-corrected chi connectivity index (χ0v) is 14.3. The molecule has 0 spiro atoms. The van der Waals surface area contributed by atoms with Gasteiger partial charge in [0, 0.05) is 5.69 Å². The van der Waals surface area contributed by atoms with Crippen LogP contribution in [0, 0.1) is 19.7 Å². The fourth-order valence-corrected chi connectivity index (χ4v) is 2.41. The van der Waals surface area contributed by atoms with Crippen LogP contribution in [0.1, 0.15) is 30.0 Å². The topological polar surface area (TPSA) is 36.4 Å². The Kier molecular flexibility index (Phi) is 5.82. The molecule has 5 heteroatoms. The molecule has 0 amide bonds. The van der Waals surface area contributed by atoms with Crippen molar-refractivity contribution in [3.8, 4) is 0 Å². The summed E-state index contributed by atoms with van der Waals surface area (Å²) < 4.78 is 13.0. The minimum atomic E-state index is -0.260. The molecule has 120 valence electrons. The van der Waals surface area contributed by atoms with Crippen molar-refractivity contribution in [3.05, 3.63) is 65.0 Å². The first kappa shape index (κ1) is 17.1. The second-order valence-electron chi connectivity index (χ2n) is 5.25. The molecule has 0 radical (unpaired) electrons. The van der Waals surface area contributed by atoms with Crippen molar-refractivity contribution in [1.82, 2.24) is 5.43 Å². The summed E-state index contributed by atoms with van der Waals surface area (Å²) in [5.74, 6) is -0.260. The predicted molar refractivity (Wildman–Crippen MR) is 98.5 cm³/mol. The second kappa shape index (κ2) is 7.83. The summed E-state index contributed by atoms with van der Waals surface area (Å²) in [5, 5.41) is 7.94. The number of hydrogen-bond acceptors (Lipinski definition) is 2. The minimum Gasteiger partial charge on any atom is -0.331 e. The van der Waals surface area contributed by atoms with Gasteiger partial charge in [0.2, 0.25) is 0 Å². The maximum atomic E-state index is 13.0. The van der Waals surface area contributed by atoms with Gasteiger partial charge in [-0.15, -0.1) is 0 Å². The van der Waals surface area contributed by atoms with Crippen LogP contribution in [-0.4, -0.2) is 10.8 Å². The summed E-state index contributed by atoms with van der Waals surface area (Å²) in [6.45, 7) is 6.04. The van der Waals surface area contributed by atoms with Crippen molar-refractivity contribution in [2.24, 2.45) is 5.10 Å². The van der Waals surface area contributed by atoms with Gasteiger partial charge < -0.3 is 5.32 Å². The number of halogens is 1. The molecule has 2 N–H and O–H groups in total. The number of hydrazone groups is 1. The van der Waals surface area contributed by atoms with Crippen LogP contribution < -0.4 is 10.7 Å². The average Bonchev–Trinajstić information content (AvgIpc) is 2.53. The van der Waals surface area contributed by atoms with E-state index in [1.807, 2.05) is 39.0 Å². The highest BCUT2D eigenvalue weighted by molar-refractivity contribution is 7.80. The lowest BCUT2D eigenvalue weighted by Crippen LogP contribution is -2.26. The zero-order chi connectivity index (χ0) is 16.8. The number of hydrogen-bond donors (Lipinski definition) is 2. The van der Waals surface area contributed by atoms with Crippen LogP contribution in [0.25, 0.3) is 0 Å². The smallest absolute Gasteiger partial charge is 0.191 e. The first-order valence-electron chi connectivity index (χ1n) is 7.47. The number of nitrogens with one attached hydrogen (secondary N) is 2. The molecule has 0 aromatic heterocycles. The van der Waals surface area contributed by atoms with Crippen molar-refractivity contribution >= 4 is 28.7 Å². The van der Waals surface area contributed by atoms with Gasteiger partial charge in [-0.1, -0.05) is 37.3 Å². The number of anilines is 1. The van der Waals surface area contributed by atoms with E-state index < -0.39 is 0 Å². The number of thiocarbonyl (C=S) groups is 1. The Morgan fingerprint density at radius 3 is 2.26 bits per heavy atom. The van der Waals surface area contributed by atoms with Crippen LogP contribution in [0.2, 0.25) is 0 Å². The van der Waals surface area contributed by atoms with Crippen molar-refractivity contribution in [2.45, 2.75) is 27.2 Å². The van der Waals surface area contributed by atoms with E-state index in [2.05, 4.69) is 15.8 Å². The predicted octanol–water partition coefficient (Wildman–Crippen LogP) is 4.54. The van der Waals surface area contributed by atoms with E-state index in [0.717, 1.165) is 28.1 Å². The highest BCUT2D eigenvalue weighted by Crippen LogP contribution is 2.19. The summed E-state index contributed by atoms with van der Waals surface area (Å²) in [4.78, 5) is 0. The normalized spacial score (nSPS) is 11.2. The maximum Gasteiger partial charge on any atom is 0.191 e. The number of aryl methyl sites for hydroxylation is 2. The second-order valence-corrected chi connectivity index (χ2v) is 5.66. The molecule has 0 bridgehead atoms. The Balaban J connectivity index is 2.08. The van der Waals surface area contributed by atoms with Crippen molar-refractivity contribution in [2.75, 3.05) is 5.32 Å². The average molecular weight is 329 g/mol. The molecule has 2 aromatic carbocycles. The van der Waals surface area contributed by atoms with E-state index in [0.29, 0.717) is 11.5 Å². The van der Waals surface area contributed by atoms with Crippen LogP contribution in [0.5, 0.6) is 0 Å². The molecule has 0 atom stereocenters. The molecule has 0 fully saturated rings. The molecule has 0 aliphatic heterocycles. The Morgan fingerprint density at radius 1 is 1.09 bits per heavy atom. The number of benzene rings is 2. The van der Waals surface area contributed by atoms with Crippen LogP contribution in [0.15, 0.2) is 47.6 Å². The minimum absolute atomic E-state index is 0.260. The summed E-state index contributed by atoms with van der Waals surface area (Å²) in [6, 6.07) is 12.3. The van der Waals surface area contributed by atoms with Crippen molar-refractivity contribution < 1.29 is 4.39 Å². The Bertz CT molecular complexity index is 703. The van der Waals surface area contributed by atoms with Gasteiger partial charge in [-0.25, -0.2) is 4.39 Å². The van der Waals surface area contributed by atoms with Gasteiger partial charge in [-0.3, -0.25) is 5.43 Å². The molecular weight excluding hydrogens is 309 g/mol. The van der Waals surface area contributed by atoms with Gasteiger partial charge in [0.15, 0.2) is 5.11 Å². The molecular formula is C18H20FN3S. The third-order valence-electron chi connectivity index (χ3n) is 3.52. The van der Waals surface area contributed by atoms with Crippen LogP contribution in [-0.2, 0) is 0 Å². The summed E-state index contributed by atoms with van der Waals surface area (Å²) >= 11 is 5.30. The number of para-hydroxylation sites is 1.